The molecule has 2 nitrogen and oxygen atoms in total. The summed E-state index contributed by atoms with van der Waals surface area (Å²) in [5.74, 6) is 0.984. The lowest BCUT2D eigenvalue weighted by atomic mass is 9.86. The van der Waals surface area contributed by atoms with Gasteiger partial charge in [-0.3, -0.25) is 0 Å². The molecule has 0 spiro atoms. The third-order valence-electron chi connectivity index (χ3n) is 2.07. The van der Waals surface area contributed by atoms with E-state index >= 15 is 0 Å². The van der Waals surface area contributed by atoms with E-state index < -0.39 is 0 Å². The Morgan fingerprint density at radius 3 is 2.38 bits per heavy atom. The zero-order chi connectivity index (χ0) is 10.1. The highest BCUT2D eigenvalue weighted by Crippen LogP contribution is 2.28. The van der Waals surface area contributed by atoms with Crippen molar-refractivity contribution in [3.63, 3.8) is 0 Å². The monoisotopic (exact) mass is 178 g/mol. The maximum absolute atomic E-state index is 4.35. The number of hydrogen-bond donors (Lipinski definition) is 1. The average Bonchev–Trinajstić information content (AvgIpc) is 2.03. The molecule has 0 bridgehead atoms. The van der Waals surface area contributed by atoms with Crippen molar-refractivity contribution in [2.24, 2.45) is 0 Å². The summed E-state index contributed by atoms with van der Waals surface area (Å²) in [6, 6.07) is 2.19. The first-order valence-corrected chi connectivity index (χ1v) is 4.60. The van der Waals surface area contributed by atoms with Crippen molar-refractivity contribution >= 4 is 5.82 Å². The van der Waals surface area contributed by atoms with Crippen molar-refractivity contribution in [3.8, 4) is 0 Å². The van der Waals surface area contributed by atoms with E-state index in [-0.39, 0.29) is 5.41 Å². The molecule has 0 saturated heterocycles. The van der Waals surface area contributed by atoms with Gasteiger partial charge in [-0.2, -0.15) is 0 Å². The minimum absolute atomic E-state index is 0.150. The molecule has 0 fully saturated rings. The molecule has 0 aliphatic rings. The lowest BCUT2D eigenvalue weighted by Crippen LogP contribution is -2.15. The van der Waals surface area contributed by atoms with Crippen LogP contribution in [0, 0.1) is 6.92 Å². The Morgan fingerprint density at radius 2 is 1.92 bits per heavy atom. The maximum atomic E-state index is 4.35. The van der Waals surface area contributed by atoms with Gasteiger partial charge in [-0.15, -0.1) is 0 Å². The molecule has 1 aromatic rings. The highest BCUT2D eigenvalue weighted by Gasteiger charge is 2.18. The predicted octanol–water partition coefficient (Wildman–Crippen LogP) is 2.73. The smallest absolute Gasteiger partial charge is 0.129 e. The largest absolute Gasteiger partial charge is 0.373 e. The van der Waals surface area contributed by atoms with Gasteiger partial charge in [-0.05, 0) is 17.9 Å². The second kappa shape index (κ2) is 3.36. The third kappa shape index (κ3) is 2.20. The van der Waals surface area contributed by atoms with Crippen LogP contribution in [-0.2, 0) is 5.41 Å². The molecule has 0 unspecified atom stereocenters. The van der Waals surface area contributed by atoms with Gasteiger partial charge in [-0.1, -0.05) is 26.8 Å². The van der Waals surface area contributed by atoms with E-state index in [1.807, 2.05) is 13.2 Å². The Morgan fingerprint density at radius 1 is 1.31 bits per heavy atom. The Bertz CT molecular complexity index is 297. The molecule has 0 aromatic carbocycles. The molecule has 0 amide bonds. The van der Waals surface area contributed by atoms with Crippen LogP contribution in [0.25, 0.3) is 0 Å². The number of nitrogens with zero attached hydrogens (tertiary/aromatic N) is 1. The van der Waals surface area contributed by atoms with Gasteiger partial charge in [0.2, 0.25) is 0 Å². The number of aromatic nitrogens is 1. The van der Waals surface area contributed by atoms with E-state index in [9.17, 15) is 0 Å². The molecule has 0 radical (unpaired) electrons. The summed E-state index contributed by atoms with van der Waals surface area (Å²) < 4.78 is 0. The van der Waals surface area contributed by atoms with Gasteiger partial charge in [0.05, 0.1) is 0 Å². The molecule has 1 N–H and O–H groups in total. The summed E-state index contributed by atoms with van der Waals surface area (Å²) >= 11 is 0. The fraction of sp³-hybridized carbons (Fsp3) is 0.545. The predicted molar refractivity (Wildman–Crippen MR) is 57.2 cm³/mol. The summed E-state index contributed by atoms with van der Waals surface area (Å²) in [5.41, 5.74) is 2.64. The maximum Gasteiger partial charge on any atom is 0.129 e. The van der Waals surface area contributed by atoms with Crippen molar-refractivity contribution in [2.45, 2.75) is 33.1 Å². The molecule has 2 heteroatoms. The van der Waals surface area contributed by atoms with Crippen molar-refractivity contribution in [1.29, 1.82) is 0 Å². The lowest BCUT2D eigenvalue weighted by Gasteiger charge is -2.22. The Kier molecular flexibility index (Phi) is 2.60. The van der Waals surface area contributed by atoms with E-state index in [4.69, 9.17) is 0 Å². The van der Waals surface area contributed by atoms with Crippen LogP contribution in [-0.4, -0.2) is 12.0 Å². The minimum atomic E-state index is 0.150. The van der Waals surface area contributed by atoms with Gasteiger partial charge >= 0.3 is 0 Å². The Balaban J connectivity index is 3.24. The quantitative estimate of drug-likeness (QED) is 0.715. The first-order valence-electron chi connectivity index (χ1n) is 4.60. The molecule has 0 aliphatic carbocycles. The third-order valence-corrected chi connectivity index (χ3v) is 2.07. The van der Waals surface area contributed by atoms with Crippen LogP contribution in [0.2, 0.25) is 0 Å². The summed E-state index contributed by atoms with van der Waals surface area (Å²) in [4.78, 5) is 4.35. The first-order chi connectivity index (χ1) is 5.95. The highest BCUT2D eigenvalue weighted by atomic mass is 15.0. The molecule has 72 valence electrons. The van der Waals surface area contributed by atoms with Gasteiger partial charge in [0.1, 0.15) is 5.82 Å². The zero-order valence-corrected chi connectivity index (χ0v) is 9.10. The van der Waals surface area contributed by atoms with Crippen molar-refractivity contribution in [3.05, 3.63) is 23.4 Å². The number of pyridine rings is 1. The molecular weight excluding hydrogens is 160 g/mol. The molecule has 1 aromatic heterocycles. The van der Waals surface area contributed by atoms with Crippen LogP contribution >= 0.6 is 0 Å². The van der Waals surface area contributed by atoms with Gasteiger partial charge in [0, 0.05) is 18.8 Å². The van der Waals surface area contributed by atoms with E-state index in [1.54, 1.807) is 0 Å². The fourth-order valence-corrected chi connectivity index (χ4v) is 1.34. The number of aryl methyl sites for hydroxylation is 1. The second-order valence-electron chi connectivity index (χ2n) is 4.41. The van der Waals surface area contributed by atoms with Gasteiger partial charge < -0.3 is 5.32 Å². The highest BCUT2D eigenvalue weighted by molar-refractivity contribution is 5.48. The van der Waals surface area contributed by atoms with E-state index in [0.717, 1.165) is 5.82 Å². The van der Waals surface area contributed by atoms with E-state index in [2.05, 4.69) is 44.1 Å². The topological polar surface area (TPSA) is 24.9 Å². The molecule has 1 rings (SSSR count). The van der Waals surface area contributed by atoms with E-state index in [0.29, 0.717) is 0 Å². The summed E-state index contributed by atoms with van der Waals surface area (Å²) in [6.45, 7) is 8.67. The van der Waals surface area contributed by atoms with Crippen LogP contribution in [0.1, 0.15) is 31.9 Å². The lowest BCUT2D eigenvalue weighted by molar-refractivity contribution is 0.589. The zero-order valence-electron chi connectivity index (χ0n) is 9.10. The van der Waals surface area contributed by atoms with Crippen molar-refractivity contribution in [2.75, 3.05) is 12.4 Å². The van der Waals surface area contributed by atoms with Crippen molar-refractivity contribution in [1.82, 2.24) is 4.98 Å². The summed E-state index contributed by atoms with van der Waals surface area (Å²) in [6.07, 6.45) is 1.89. The van der Waals surface area contributed by atoms with Crippen molar-refractivity contribution < 1.29 is 0 Å². The molecular formula is C11H18N2. The van der Waals surface area contributed by atoms with Crippen LogP contribution in [0.3, 0.4) is 0 Å². The Labute approximate surface area is 80.4 Å². The number of hydrogen-bond acceptors (Lipinski definition) is 2. The number of nitrogens with one attached hydrogen (secondary N) is 1. The normalized spacial score (nSPS) is 11.5. The van der Waals surface area contributed by atoms with Crippen LogP contribution in [0.5, 0.6) is 0 Å². The number of anilines is 1. The summed E-state index contributed by atoms with van der Waals surface area (Å²) in [5, 5.41) is 3.12. The van der Waals surface area contributed by atoms with Crippen LogP contribution in [0.4, 0.5) is 5.82 Å². The summed E-state index contributed by atoms with van der Waals surface area (Å²) in [7, 11) is 1.91. The molecule has 13 heavy (non-hydrogen) atoms. The molecule has 0 saturated carbocycles. The molecule has 0 atom stereocenters. The van der Waals surface area contributed by atoms with Crippen LogP contribution in [0.15, 0.2) is 12.3 Å². The van der Waals surface area contributed by atoms with Gasteiger partial charge in [0.25, 0.3) is 0 Å². The minimum Gasteiger partial charge on any atom is -0.373 e. The average molecular weight is 178 g/mol. The second-order valence-corrected chi connectivity index (χ2v) is 4.41. The van der Waals surface area contributed by atoms with Crippen LogP contribution < -0.4 is 5.32 Å². The van der Waals surface area contributed by atoms with E-state index in [1.165, 1.54) is 11.1 Å². The Hall–Kier alpha value is -1.05. The SMILES string of the molecule is CNc1ncc(C)cc1C(C)(C)C. The molecule has 0 aliphatic heterocycles. The van der Waals surface area contributed by atoms with Gasteiger partial charge in [0.15, 0.2) is 0 Å². The molecule has 1 heterocycles. The fourth-order valence-electron chi connectivity index (χ4n) is 1.34. The standard InChI is InChI=1S/C11H18N2/c1-8-6-9(11(2,3)4)10(12-5)13-7-8/h6-7H,1-5H3,(H,12,13). The van der Waals surface area contributed by atoms with Gasteiger partial charge in [-0.25, -0.2) is 4.98 Å². The first kappa shape index (κ1) is 10.0. The number of rotatable bonds is 1.